The zero-order valence-electron chi connectivity index (χ0n) is 13.2. The zero-order chi connectivity index (χ0) is 19.5. The van der Waals surface area contributed by atoms with Crippen LogP contribution in [0.25, 0.3) is 6.08 Å². The highest BCUT2D eigenvalue weighted by atomic mass is 35.5. The second-order valence-corrected chi connectivity index (χ2v) is 7.59. The first-order valence-corrected chi connectivity index (χ1v) is 9.26. The number of amides is 1. The third kappa shape index (κ3) is 5.30. The second kappa shape index (κ2) is 7.46. The Bertz CT molecular complexity index is 956. The molecule has 1 aromatic heterocycles. The molecule has 2 rings (SSSR count). The third-order valence-corrected chi connectivity index (χ3v) is 4.44. The molecule has 0 saturated carbocycles. The second-order valence-electron chi connectivity index (χ2n) is 5.22. The minimum absolute atomic E-state index is 0.141. The molecule has 1 aromatic carbocycles. The van der Waals surface area contributed by atoms with Gasteiger partial charge in [0.05, 0.1) is 22.5 Å². The van der Waals surface area contributed by atoms with Gasteiger partial charge in [0.25, 0.3) is 0 Å². The van der Waals surface area contributed by atoms with E-state index in [9.17, 15) is 26.4 Å². The van der Waals surface area contributed by atoms with Crippen LogP contribution in [0.3, 0.4) is 0 Å². The van der Waals surface area contributed by atoms with Gasteiger partial charge in [-0.05, 0) is 35.9 Å². The highest BCUT2D eigenvalue weighted by Gasteiger charge is 2.33. The van der Waals surface area contributed by atoms with E-state index in [1.54, 1.807) is 0 Å². The van der Waals surface area contributed by atoms with Gasteiger partial charge in [0.15, 0.2) is 14.9 Å². The lowest BCUT2D eigenvalue weighted by atomic mass is 10.1. The Morgan fingerprint density at radius 1 is 1.23 bits per heavy atom. The highest BCUT2D eigenvalue weighted by Crippen LogP contribution is 2.35. The van der Waals surface area contributed by atoms with Crippen LogP contribution in [0.1, 0.15) is 11.1 Å². The maximum atomic E-state index is 12.8. The molecule has 1 N–H and O–H groups in total. The molecule has 0 spiro atoms. The van der Waals surface area contributed by atoms with Crippen molar-refractivity contribution < 1.29 is 26.4 Å². The van der Waals surface area contributed by atoms with E-state index in [2.05, 4.69) is 10.3 Å². The lowest BCUT2D eigenvalue weighted by molar-refractivity contribution is -0.137. The Labute approximate surface area is 152 Å². The normalized spacial score (nSPS) is 12.3. The molecule has 1 heterocycles. The van der Waals surface area contributed by atoms with E-state index in [0.717, 1.165) is 30.7 Å². The summed E-state index contributed by atoms with van der Waals surface area (Å²) in [6.07, 6.45) is -0.215. The Balaban J connectivity index is 2.10. The van der Waals surface area contributed by atoms with Crippen LogP contribution in [0.2, 0.25) is 5.02 Å². The van der Waals surface area contributed by atoms with Gasteiger partial charge in [0.2, 0.25) is 5.91 Å². The van der Waals surface area contributed by atoms with Crippen molar-refractivity contribution in [2.45, 2.75) is 11.2 Å². The van der Waals surface area contributed by atoms with E-state index in [1.165, 1.54) is 24.3 Å². The van der Waals surface area contributed by atoms with Crippen LogP contribution in [0.4, 0.5) is 18.9 Å². The number of aromatic nitrogens is 1. The number of hydrogen-bond donors (Lipinski definition) is 1. The van der Waals surface area contributed by atoms with Crippen LogP contribution in [0.5, 0.6) is 0 Å². The van der Waals surface area contributed by atoms with E-state index in [-0.39, 0.29) is 16.3 Å². The van der Waals surface area contributed by atoms with Crippen molar-refractivity contribution >= 4 is 39.1 Å². The summed E-state index contributed by atoms with van der Waals surface area (Å²) in [5, 5.41) is 1.84. The number of nitrogens with zero attached hydrogens (tertiary/aromatic N) is 1. The number of alkyl halides is 3. The number of pyridine rings is 1. The number of carbonyl (C=O) groups excluding carboxylic acids is 1. The summed E-state index contributed by atoms with van der Waals surface area (Å²) < 4.78 is 61.0. The first kappa shape index (κ1) is 19.9. The first-order valence-electron chi connectivity index (χ1n) is 6.99. The van der Waals surface area contributed by atoms with Crippen LogP contribution in [-0.2, 0) is 20.8 Å². The Morgan fingerprint density at radius 2 is 1.92 bits per heavy atom. The number of anilines is 1. The van der Waals surface area contributed by atoms with Crippen LogP contribution >= 0.6 is 11.6 Å². The molecule has 5 nitrogen and oxygen atoms in total. The van der Waals surface area contributed by atoms with Crippen molar-refractivity contribution in [2.24, 2.45) is 0 Å². The van der Waals surface area contributed by atoms with Crippen LogP contribution < -0.4 is 5.32 Å². The Kier molecular flexibility index (Phi) is 5.72. The lowest BCUT2D eigenvalue weighted by Gasteiger charge is -2.09. The van der Waals surface area contributed by atoms with Crippen molar-refractivity contribution in [3.8, 4) is 0 Å². The molecule has 10 heteroatoms. The quantitative estimate of drug-likeness (QED) is 0.786. The molecule has 2 aromatic rings. The summed E-state index contributed by atoms with van der Waals surface area (Å²) in [6.45, 7) is 0. The summed E-state index contributed by atoms with van der Waals surface area (Å²) >= 11 is 5.52. The maximum absolute atomic E-state index is 12.8. The minimum atomic E-state index is -4.60. The van der Waals surface area contributed by atoms with Gasteiger partial charge in [-0.2, -0.15) is 13.2 Å². The number of benzene rings is 1. The average molecular weight is 405 g/mol. The molecule has 138 valence electrons. The molecule has 0 aliphatic heterocycles. The first-order chi connectivity index (χ1) is 12.0. The third-order valence-electron chi connectivity index (χ3n) is 3.11. The maximum Gasteiger partial charge on any atom is 0.417 e. The fourth-order valence-corrected chi connectivity index (χ4v) is 2.68. The number of sulfone groups is 1. The molecule has 26 heavy (non-hydrogen) atoms. The standard InChI is InChI=1S/C16H12ClF3N2O3S/c1-26(24,25)15-7-4-11(9-21-15)22-14(23)6-3-10-2-5-13(17)12(8-10)16(18,19)20/h2-9H,1H3,(H,22,23)/b6-3+. The molecule has 0 unspecified atom stereocenters. The molecular weight excluding hydrogens is 393 g/mol. The summed E-state index contributed by atoms with van der Waals surface area (Å²) in [6, 6.07) is 5.83. The molecule has 0 bridgehead atoms. The average Bonchev–Trinajstić information content (AvgIpc) is 2.52. The van der Waals surface area contributed by atoms with Crippen molar-refractivity contribution in [1.29, 1.82) is 0 Å². The van der Waals surface area contributed by atoms with E-state index in [1.807, 2.05) is 0 Å². The van der Waals surface area contributed by atoms with Gasteiger partial charge >= 0.3 is 6.18 Å². The number of hydrogen-bond acceptors (Lipinski definition) is 4. The van der Waals surface area contributed by atoms with Crippen molar-refractivity contribution in [2.75, 3.05) is 11.6 Å². The van der Waals surface area contributed by atoms with E-state index in [0.29, 0.717) is 0 Å². The van der Waals surface area contributed by atoms with E-state index >= 15 is 0 Å². The van der Waals surface area contributed by atoms with Gasteiger partial charge < -0.3 is 5.32 Å². The molecule has 0 fully saturated rings. The molecule has 0 aliphatic carbocycles. The van der Waals surface area contributed by atoms with Gasteiger partial charge in [-0.15, -0.1) is 0 Å². The van der Waals surface area contributed by atoms with Gasteiger partial charge in [0.1, 0.15) is 0 Å². The summed E-state index contributed by atoms with van der Waals surface area (Å²) in [4.78, 5) is 15.5. The number of halogens is 4. The molecule has 1 amide bonds. The van der Waals surface area contributed by atoms with Crippen molar-refractivity contribution in [3.63, 3.8) is 0 Å². The Morgan fingerprint density at radius 3 is 2.46 bits per heavy atom. The SMILES string of the molecule is CS(=O)(=O)c1ccc(NC(=O)/C=C/c2ccc(Cl)c(C(F)(F)F)c2)cn1. The fourth-order valence-electron chi connectivity index (χ4n) is 1.89. The smallest absolute Gasteiger partial charge is 0.321 e. The zero-order valence-corrected chi connectivity index (χ0v) is 14.8. The topological polar surface area (TPSA) is 76.1 Å². The van der Waals surface area contributed by atoms with Gasteiger partial charge in [-0.25, -0.2) is 13.4 Å². The van der Waals surface area contributed by atoms with Crippen molar-refractivity contribution in [1.82, 2.24) is 4.98 Å². The molecular formula is C16H12ClF3N2O3S. The molecule has 0 aliphatic rings. The fraction of sp³-hybridized carbons (Fsp3) is 0.125. The summed E-state index contributed by atoms with van der Waals surface area (Å²) in [7, 11) is -3.45. The van der Waals surface area contributed by atoms with Gasteiger partial charge in [-0.1, -0.05) is 17.7 Å². The number of rotatable bonds is 4. The predicted molar refractivity (Wildman–Crippen MR) is 91.5 cm³/mol. The van der Waals surface area contributed by atoms with Crippen LogP contribution in [0, 0.1) is 0 Å². The number of carbonyl (C=O) groups is 1. The molecule has 0 saturated heterocycles. The van der Waals surface area contributed by atoms with E-state index < -0.39 is 32.5 Å². The number of nitrogens with one attached hydrogen (secondary N) is 1. The van der Waals surface area contributed by atoms with Crippen LogP contribution in [0.15, 0.2) is 47.6 Å². The summed E-state index contributed by atoms with van der Waals surface area (Å²) in [5.74, 6) is -0.623. The predicted octanol–water partition coefficient (Wildman–Crippen LogP) is 3.81. The van der Waals surface area contributed by atoms with E-state index in [4.69, 9.17) is 11.6 Å². The monoisotopic (exact) mass is 404 g/mol. The van der Waals surface area contributed by atoms with Gasteiger partial charge in [-0.3, -0.25) is 4.79 Å². The van der Waals surface area contributed by atoms with Crippen molar-refractivity contribution in [3.05, 3.63) is 58.8 Å². The summed E-state index contributed by atoms with van der Waals surface area (Å²) in [5.41, 5.74) is -0.621. The van der Waals surface area contributed by atoms with Gasteiger partial charge in [0, 0.05) is 12.3 Å². The molecule has 0 atom stereocenters. The van der Waals surface area contributed by atoms with Crippen LogP contribution in [-0.4, -0.2) is 25.6 Å². The largest absolute Gasteiger partial charge is 0.417 e. The highest BCUT2D eigenvalue weighted by molar-refractivity contribution is 7.90. The Hall–Kier alpha value is -2.39. The minimum Gasteiger partial charge on any atom is -0.321 e. The lowest BCUT2D eigenvalue weighted by Crippen LogP contribution is -2.09. The molecule has 0 radical (unpaired) electrons.